The average molecular weight is 311 g/mol. The van der Waals surface area contributed by atoms with Gasteiger partial charge in [-0.1, -0.05) is 0 Å². The van der Waals surface area contributed by atoms with Crippen LogP contribution in [0, 0.1) is 5.92 Å². The van der Waals surface area contributed by atoms with Crippen LogP contribution in [0.3, 0.4) is 0 Å². The Balaban J connectivity index is 1.87. The number of piperidine rings is 1. The van der Waals surface area contributed by atoms with E-state index in [2.05, 4.69) is 16.9 Å². The molecule has 0 aromatic carbocycles. The lowest BCUT2D eigenvalue weighted by Gasteiger charge is -2.35. The molecule has 1 aliphatic rings. The van der Waals surface area contributed by atoms with Crippen molar-refractivity contribution in [2.75, 3.05) is 31.6 Å². The molecule has 1 fully saturated rings. The van der Waals surface area contributed by atoms with E-state index in [1.54, 1.807) is 11.3 Å². The molecule has 0 bridgehead atoms. The van der Waals surface area contributed by atoms with Crippen LogP contribution >= 0.6 is 11.3 Å². The van der Waals surface area contributed by atoms with Gasteiger partial charge < -0.3 is 14.5 Å². The van der Waals surface area contributed by atoms with Crippen molar-refractivity contribution >= 4 is 22.6 Å². The SMILES string of the molecule is CN(CC1CCCN(C(=O)OC(C)(C)C)C1)c1nccs1. The highest BCUT2D eigenvalue weighted by Crippen LogP contribution is 2.23. The van der Waals surface area contributed by atoms with E-state index >= 15 is 0 Å². The van der Waals surface area contributed by atoms with E-state index in [1.165, 1.54) is 0 Å². The molecule has 0 radical (unpaired) electrons. The number of hydrogen-bond donors (Lipinski definition) is 0. The first-order valence-corrected chi connectivity index (χ1v) is 8.31. The molecule has 1 aromatic rings. The summed E-state index contributed by atoms with van der Waals surface area (Å²) >= 11 is 1.64. The summed E-state index contributed by atoms with van der Waals surface area (Å²) in [6, 6.07) is 0. The number of carbonyl (C=O) groups is 1. The molecule has 0 aliphatic carbocycles. The van der Waals surface area contributed by atoms with Crippen molar-refractivity contribution in [1.82, 2.24) is 9.88 Å². The predicted octanol–water partition coefficient (Wildman–Crippen LogP) is 3.23. The first kappa shape index (κ1) is 16.1. The van der Waals surface area contributed by atoms with E-state index < -0.39 is 5.60 Å². The molecule has 21 heavy (non-hydrogen) atoms. The Kier molecular flexibility index (Phi) is 5.08. The number of ether oxygens (including phenoxy) is 1. The predicted molar refractivity (Wildman–Crippen MR) is 85.9 cm³/mol. The lowest BCUT2D eigenvalue weighted by Crippen LogP contribution is -2.45. The first-order valence-electron chi connectivity index (χ1n) is 7.44. The Morgan fingerprint density at radius 2 is 2.33 bits per heavy atom. The third-order valence-corrected chi connectivity index (χ3v) is 4.33. The number of rotatable bonds is 3. The van der Waals surface area contributed by atoms with Crippen LogP contribution in [0.1, 0.15) is 33.6 Å². The quantitative estimate of drug-likeness (QED) is 0.860. The molecule has 0 N–H and O–H groups in total. The van der Waals surface area contributed by atoms with Crippen molar-refractivity contribution < 1.29 is 9.53 Å². The zero-order valence-corrected chi connectivity index (χ0v) is 14.2. The molecule has 6 heteroatoms. The second-order valence-corrected chi connectivity index (χ2v) is 7.50. The zero-order chi connectivity index (χ0) is 15.5. The van der Waals surface area contributed by atoms with Crippen LogP contribution in [-0.2, 0) is 4.74 Å². The molecule has 118 valence electrons. The highest BCUT2D eigenvalue weighted by atomic mass is 32.1. The molecule has 1 saturated heterocycles. The summed E-state index contributed by atoms with van der Waals surface area (Å²) in [4.78, 5) is 20.5. The largest absolute Gasteiger partial charge is 0.444 e. The fourth-order valence-electron chi connectivity index (χ4n) is 2.58. The van der Waals surface area contributed by atoms with Gasteiger partial charge in [-0.3, -0.25) is 0 Å². The van der Waals surface area contributed by atoms with Gasteiger partial charge in [0.25, 0.3) is 0 Å². The zero-order valence-electron chi connectivity index (χ0n) is 13.3. The maximum Gasteiger partial charge on any atom is 0.410 e. The van der Waals surface area contributed by atoms with Gasteiger partial charge in [0.2, 0.25) is 0 Å². The molecule has 0 saturated carbocycles. The number of carbonyl (C=O) groups excluding carboxylic acids is 1. The third kappa shape index (κ3) is 4.88. The molecule has 2 heterocycles. The number of hydrogen-bond acceptors (Lipinski definition) is 5. The molecule has 1 aromatic heterocycles. The average Bonchev–Trinajstić information content (AvgIpc) is 2.91. The fourth-order valence-corrected chi connectivity index (χ4v) is 3.20. The minimum atomic E-state index is -0.429. The summed E-state index contributed by atoms with van der Waals surface area (Å²) in [6.07, 6.45) is 3.82. The number of amides is 1. The topological polar surface area (TPSA) is 45.7 Å². The van der Waals surface area contributed by atoms with Gasteiger partial charge in [0.05, 0.1) is 0 Å². The Morgan fingerprint density at radius 3 is 2.95 bits per heavy atom. The Hall–Kier alpha value is -1.30. The minimum absolute atomic E-state index is 0.191. The van der Waals surface area contributed by atoms with Crippen LogP contribution in [0.15, 0.2) is 11.6 Å². The lowest BCUT2D eigenvalue weighted by atomic mass is 9.98. The summed E-state index contributed by atoms with van der Waals surface area (Å²) < 4.78 is 5.47. The van der Waals surface area contributed by atoms with Gasteiger partial charge >= 0.3 is 6.09 Å². The molecule has 1 unspecified atom stereocenters. The van der Waals surface area contributed by atoms with Gasteiger partial charge in [-0.2, -0.15) is 0 Å². The normalized spacial score (nSPS) is 19.4. The molecule has 1 atom stereocenters. The van der Waals surface area contributed by atoms with Gasteiger partial charge in [-0.05, 0) is 39.5 Å². The summed E-state index contributed by atoms with van der Waals surface area (Å²) in [6.45, 7) is 8.21. The Morgan fingerprint density at radius 1 is 1.57 bits per heavy atom. The molecule has 1 aliphatic heterocycles. The molecular formula is C15H25N3O2S. The van der Waals surface area contributed by atoms with Crippen LogP contribution in [0.5, 0.6) is 0 Å². The van der Waals surface area contributed by atoms with E-state index in [9.17, 15) is 4.79 Å². The van der Waals surface area contributed by atoms with Gasteiger partial charge in [0.15, 0.2) is 5.13 Å². The maximum atomic E-state index is 12.2. The van der Waals surface area contributed by atoms with E-state index in [4.69, 9.17) is 4.74 Å². The van der Waals surface area contributed by atoms with Gasteiger partial charge in [-0.25, -0.2) is 9.78 Å². The molecule has 2 rings (SSSR count). The maximum absolute atomic E-state index is 12.2. The summed E-state index contributed by atoms with van der Waals surface area (Å²) in [5.74, 6) is 0.472. The van der Waals surface area contributed by atoms with Gasteiger partial charge in [0, 0.05) is 38.3 Å². The summed E-state index contributed by atoms with van der Waals surface area (Å²) in [5.41, 5.74) is -0.429. The van der Waals surface area contributed by atoms with Crippen LogP contribution < -0.4 is 4.90 Å². The van der Waals surface area contributed by atoms with Gasteiger partial charge in [0.1, 0.15) is 5.60 Å². The number of nitrogens with zero attached hydrogens (tertiary/aromatic N) is 3. The van der Waals surface area contributed by atoms with Crippen molar-refractivity contribution in [2.24, 2.45) is 5.92 Å². The van der Waals surface area contributed by atoms with Crippen LogP contribution in [0.4, 0.5) is 9.93 Å². The highest BCUT2D eigenvalue weighted by molar-refractivity contribution is 7.13. The van der Waals surface area contributed by atoms with E-state index in [0.717, 1.165) is 37.6 Å². The third-order valence-electron chi connectivity index (χ3n) is 3.45. The van der Waals surface area contributed by atoms with Crippen molar-refractivity contribution in [2.45, 2.75) is 39.2 Å². The van der Waals surface area contributed by atoms with Crippen molar-refractivity contribution in [1.29, 1.82) is 0 Å². The summed E-state index contributed by atoms with van der Waals surface area (Å²) in [5, 5.41) is 3.02. The fraction of sp³-hybridized carbons (Fsp3) is 0.733. The number of anilines is 1. The smallest absolute Gasteiger partial charge is 0.410 e. The first-order chi connectivity index (χ1) is 9.85. The molecule has 0 spiro atoms. The van der Waals surface area contributed by atoms with Crippen molar-refractivity contribution in [3.8, 4) is 0 Å². The van der Waals surface area contributed by atoms with Crippen LogP contribution in [0.2, 0.25) is 0 Å². The van der Waals surface area contributed by atoms with Crippen molar-refractivity contribution in [3.05, 3.63) is 11.6 Å². The minimum Gasteiger partial charge on any atom is -0.444 e. The van der Waals surface area contributed by atoms with E-state index in [1.807, 2.05) is 37.2 Å². The van der Waals surface area contributed by atoms with Crippen LogP contribution in [0.25, 0.3) is 0 Å². The van der Waals surface area contributed by atoms with E-state index in [-0.39, 0.29) is 6.09 Å². The molecule has 1 amide bonds. The Bertz CT molecular complexity index is 456. The molecular weight excluding hydrogens is 286 g/mol. The number of aromatic nitrogens is 1. The lowest BCUT2D eigenvalue weighted by molar-refractivity contribution is 0.0170. The second-order valence-electron chi connectivity index (χ2n) is 6.63. The van der Waals surface area contributed by atoms with E-state index in [0.29, 0.717) is 5.92 Å². The van der Waals surface area contributed by atoms with Gasteiger partial charge in [-0.15, -0.1) is 11.3 Å². The Labute approximate surface area is 130 Å². The summed E-state index contributed by atoms with van der Waals surface area (Å²) in [7, 11) is 2.06. The van der Waals surface area contributed by atoms with Crippen molar-refractivity contribution in [3.63, 3.8) is 0 Å². The molecule has 5 nitrogen and oxygen atoms in total. The standard InChI is InChI=1S/C15H25N3O2S/c1-15(2,3)20-14(19)18-8-5-6-12(11-18)10-17(4)13-16-7-9-21-13/h7,9,12H,5-6,8,10-11H2,1-4H3. The van der Waals surface area contributed by atoms with Crippen LogP contribution in [-0.4, -0.2) is 48.3 Å². The highest BCUT2D eigenvalue weighted by Gasteiger charge is 2.28. The second kappa shape index (κ2) is 6.64. The number of thiazole rings is 1. The number of likely N-dealkylation sites (tertiary alicyclic amines) is 1. The monoisotopic (exact) mass is 311 g/mol.